The molecule has 1 aliphatic heterocycles. The second kappa shape index (κ2) is 19.2. The smallest absolute Gasteiger partial charge is 0.350 e. The summed E-state index contributed by atoms with van der Waals surface area (Å²) in [5.41, 5.74) is 5.32. The van der Waals surface area contributed by atoms with Crippen molar-refractivity contribution in [1.82, 2.24) is 14.3 Å². The van der Waals surface area contributed by atoms with Crippen molar-refractivity contribution < 1.29 is 46.9 Å². The van der Waals surface area contributed by atoms with Crippen molar-refractivity contribution in [1.29, 1.82) is 0 Å². The number of hydrogen-bond acceptors (Lipinski definition) is 11. The zero-order valence-corrected chi connectivity index (χ0v) is 33.1. The van der Waals surface area contributed by atoms with Crippen molar-refractivity contribution in [2.45, 2.75) is 62.4 Å². The number of terminal acetylenes is 1. The summed E-state index contributed by atoms with van der Waals surface area (Å²) in [6.07, 6.45) is 9.85. The predicted molar refractivity (Wildman–Crippen MR) is 202 cm³/mol. The van der Waals surface area contributed by atoms with E-state index in [0.29, 0.717) is 34.4 Å². The Kier molecular flexibility index (Phi) is 15.8. The average Bonchev–Trinajstić information content (AvgIpc) is 3.42. The van der Waals surface area contributed by atoms with E-state index in [-0.39, 0.29) is 53.2 Å². The maximum Gasteiger partial charge on any atom is 0.350 e. The second-order valence-electron chi connectivity index (χ2n) is 12.5. The first-order chi connectivity index (χ1) is 25.2. The number of carboxylic acid groups (broad SMARTS) is 1. The number of hydrogen-bond donors (Lipinski definition) is 3. The van der Waals surface area contributed by atoms with Crippen molar-refractivity contribution in [2.75, 3.05) is 25.7 Å². The SMILES string of the molecule is C#CCOc1cc(-n2nc3n(c2=O)CCCC3)c(Cl)cc1Cl.CP(=O)(O)CCC(N)C(=O)O.CS(=O)(=O)c1ccc(C(=O)C2C(=O)CCCC2=O)c(Cl)c1. The number of halogens is 3. The lowest BCUT2D eigenvalue weighted by Crippen LogP contribution is -2.35. The minimum Gasteiger partial charge on any atom is -0.480 e. The number of aliphatic carboxylic acids is 1. The van der Waals surface area contributed by atoms with Gasteiger partial charge >= 0.3 is 11.7 Å². The van der Waals surface area contributed by atoms with E-state index in [2.05, 4.69) is 11.0 Å². The monoisotopic (exact) mass is 846 g/mol. The van der Waals surface area contributed by atoms with Crippen molar-refractivity contribution in [3.63, 3.8) is 0 Å². The Bertz CT molecular complexity index is 2180. The molecule has 2 unspecified atom stereocenters. The summed E-state index contributed by atoms with van der Waals surface area (Å²) in [4.78, 5) is 67.2. The Hall–Kier alpha value is -3.81. The third kappa shape index (κ3) is 12.1. The normalized spacial score (nSPS) is 16.0. The predicted octanol–water partition coefficient (Wildman–Crippen LogP) is 4.24. The number of carboxylic acids is 1. The highest BCUT2D eigenvalue weighted by Crippen LogP contribution is 2.36. The second-order valence-corrected chi connectivity index (χ2v) is 18.2. The fourth-order valence-corrected chi connectivity index (χ4v) is 7.51. The molecule has 0 saturated heterocycles. The molecule has 0 radical (unpaired) electrons. The standard InChI is InChI=1S/C15H13Cl2N3O2.C14H13ClO5S.C5H12NO4P/c1-2-7-22-13-9-12(10(16)8-11(13)17)20-15(21)19-6-4-3-5-14(19)18-20;1-21(19,20)8-5-6-9(10(15)7-8)14(18)13-11(16)3-2-4-12(13)17;1-11(9,10)3-2-4(6)5(7)8/h1,8-9H,3-7H2;5-7,13H,2-4H2,1H3;4H,2-3,6H2,1H3,(H,7,8)(H,9,10). The summed E-state index contributed by atoms with van der Waals surface area (Å²) in [5.74, 6) is -0.400. The van der Waals surface area contributed by atoms with Gasteiger partial charge < -0.3 is 20.5 Å². The number of ether oxygens (including phenoxy) is 1. The number of nitrogens with zero attached hydrogens (tertiary/aromatic N) is 3. The summed E-state index contributed by atoms with van der Waals surface area (Å²) in [6.45, 7) is 1.94. The minimum absolute atomic E-state index is 0.00216. The Morgan fingerprint density at radius 1 is 1.06 bits per heavy atom. The quantitative estimate of drug-likeness (QED) is 0.112. The van der Waals surface area contributed by atoms with E-state index in [1.807, 2.05) is 0 Å². The first-order valence-corrected chi connectivity index (χ1v) is 21.6. The molecular formula is C34H38Cl3N4O11PS. The molecule has 1 fully saturated rings. The summed E-state index contributed by atoms with van der Waals surface area (Å²) < 4.78 is 41.8. The maximum absolute atomic E-state index is 12.5. The molecular weight excluding hydrogens is 810 g/mol. The van der Waals surface area contributed by atoms with Crippen molar-refractivity contribution in [3.05, 3.63) is 67.3 Å². The van der Waals surface area contributed by atoms with Gasteiger partial charge in [0.25, 0.3) is 0 Å². The van der Waals surface area contributed by atoms with Gasteiger partial charge in [-0.2, -0.15) is 4.68 Å². The van der Waals surface area contributed by atoms with E-state index >= 15 is 0 Å². The number of nitrogens with two attached hydrogens (primary N) is 1. The highest BCUT2D eigenvalue weighted by molar-refractivity contribution is 7.90. The molecule has 4 N–H and O–H groups in total. The fraction of sp³-hybridized carbons (Fsp3) is 0.412. The van der Waals surface area contributed by atoms with Gasteiger partial charge in [-0.25, -0.2) is 13.2 Å². The van der Waals surface area contributed by atoms with E-state index in [0.717, 1.165) is 37.4 Å². The van der Waals surface area contributed by atoms with Crippen molar-refractivity contribution >= 4 is 75.3 Å². The number of benzene rings is 2. The molecule has 2 aromatic carbocycles. The number of aryl methyl sites for hydroxylation is 1. The number of carbonyl (C=O) groups is 4. The van der Waals surface area contributed by atoms with Crippen LogP contribution in [0.5, 0.6) is 5.75 Å². The van der Waals surface area contributed by atoms with Gasteiger partial charge in [-0.05, 0) is 49.9 Å². The van der Waals surface area contributed by atoms with E-state index in [1.54, 1.807) is 10.6 Å². The highest BCUT2D eigenvalue weighted by Gasteiger charge is 2.37. The minimum atomic E-state index is -3.44. The molecule has 0 amide bonds. The van der Waals surface area contributed by atoms with Gasteiger partial charge in [-0.3, -0.25) is 28.3 Å². The molecule has 0 bridgehead atoms. The van der Waals surface area contributed by atoms with Crippen LogP contribution in [0.4, 0.5) is 0 Å². The van der Waals surface area contributed by atoms with Crippen LogP contribution in [0.2, 0.25) is 15.1 Å². The molecule has 2 atom stereocenters. The lowest BCUT2D eigenvalue weighted by Gasteiger charge is -2.18. The molecule has 1 saturated carbocycles. The highest BCUT2D eigenvalue weighted by atomic mass is 35.5. The third-order valence-electron chi connectivity index (χ3n) is 8.07. The van der Waals surface area contributed by atoms with Gasteiger partial charge in [-0.15, -0.1) is 11.5 Å². The first kappa shape index (κ1) is 44.6. The number of aromatic nitrogens is 3. The lowest BCUT2D eigenvalue weighted by atomic mass is 9.82. The van der Waals surface area contributed by atoms with Gasteiger partial charge in [0, 0.05) is 56.5 Å². The van der Waals surface area contributed by atoms with Crippen LogP contribution in [0, 0.1) is 18.3 Å². The molecule has 3 aromatic rings. The van der Waals surface area contributed by atoms with Gasteiger partial charge in [0.2, 0.25) is 0 Å². The zero-order valence-electron chi connectivity index (χ0n) is 29.2. The van der Waals surface area contributed by atoms with E-state index in [4.69, 9.17) is 61.7 Å². The van der Waals surface area contributed by atoms with Crippen LogP contribution in [-0.2, 0) is 41.8 Å². The van der Waals surface area contributed by atoms with Crippen LogP contribution in [0.25, 0.3) is 5.69 Å². The first-order valence-electron chi connectivity index (χ1n) is 16.3. The topological polar surface area (TPSA) is 235 Å². The van der Waals surface area contributed by atoms with Crippen LogP contribution in [0.1, 0.15) is 54.7 Å². The van der Waals surface area contributed by atoms with Crippen LogP contribution in [0.15, 0.2) is 40.0 Å². The summed E-state index contributed by atoms with van der Waals surface area (Å²) in [7, 11) is -6.55. The van der Waals surface area contributed by atoms with Crippen molar-refractivity contribution in [3.8, 4) is 23.8 Å². The van der Waals surface area contributed by atoms with Gasteiger partial charge in [0.1, 0.15) is 30.1 Å². The largest absolute Gasteiger partial charge is 0.480 e. The van der Waals surface area contributed by atoms with Gasteiger partial charge in [0.15, 0.2) is 34.6 Å². The number of carbonyl (C=O) groups excluding carboxylic acids is 3. The number of fused-ring (bicyclic) bond motifs is 1. The molecule has 20 heteroatoms. The molecule has 2 heterocycles. The van der Waals surface area contributed by atoms with E-state index < -0.39 is 52.5 Å². The Morgan fingerprint density at radius 2 is 1.70 bits per heavy atom. The summed E-state index contributed by atoms with van der Waals surface area (Å²) in [5, 5.41) is 13.2. The lowest BCUT2D eigenvalue weighted by molar-refractivity contribution is -0.138. The number of rotatable bonds is 10. The van der Waals surface area contributed by atoms with Crippen molar-refractivity contribution in [2.24, 2.45) is 11.7 Å². The molecule has 54 heavy (non-hydrogen) atoms. The molecule has 1 aromatic heterocycles. The number of sulfone groups is 1. The summed E-state index contributed by atoms with van der Waals surface area (Å²) in [6, 6.07) is 5.72. The Labute approximate surface area is 326 Å². The Morgan fingerprint density at radius 3 is 2.24 bits per heavy atom. The summed E-state index contributed by atoms with van der Waals surface area (Å²) >= 11 is 18.2. The van der Waals surface area contributed by atoms with Crippen LogP contribution in [0.3, 0.4) is 0 Å². The average molecular weight is 848 g/mol. The molecule has 292 valence electrons. The number of Topliss-reactive ketones (excluding diaryl/α,β-unsaturated/α-hetero) is 3. The van der Waals surface area contributed by atoms with Crippen LogP contribution < -0.4 is 16.2 Å². The fourth-order valence-electron chi connectivity index (χ4n) is 5.25. The van der Waals surface area contributed by atoms with E-state index in [1.165, 1.54) is 29.5 Å². The van der Waals surface area contributed by atoms with E-state index in [9.17, 15) is 37.0 Å². The third-order valence-corrected chi connectivity index (χ3v) is 11.2. The molecule has 1 aliphatic carbocycles. The molecule has 2 aliphatic rings. The molecule has 0 spiro atoms. The van der Waals surface area contributed by atoms with Gasteiger partial charge in [0.05, 0.1) is 25.7 Å². The molecule has 5 rings (SSSR count). The van der Waals surface area contributed by atoms with Gasteiger partial charge in [-0.1, -0.05) is 40.7 Å². The van der Waals surface area contributed by atoms with Crippen LogP contribution in [-0.4, -0.2) is 87.8 Å². The zero-order chi connectivity index (χ0) is 40.5. The van der Waals surface area contributed by atoms with Crippen LogP contribution >= 0.6 is 42.2 Å². The Balaban J connectivity index is 0.000000231. The molecule has 15 nitrogen and oxygen atoms in total. The number of ketones is 3. The maximum atomic E-state index is 12.5.